The second-order valence-electron chi connectivity index (χ2n) is 28.0. The van der Waals surface area contributed by atoms with E-state index in [1.807, 2.05) is 0 Å². The van der Waals surface area contributed by atoms with Crippen molar-refractivity contribution in [2.24, 2.45) is 17.8 Å². The van der Waals surface area contributed by atoms with Crippen LogP contribution < -0.4 is 0 Å². The van der Waals surface area contributed by atoms with Gasteiger partial charge in [-0.3, -0.25) is 37.3 Å². The second kappa shape index (κ2) is 67.1. The highest BCUT2D eigenvalue weighted by atomic mass is 31.2. The van der Waals surface area contributed by atoms with Crippen molar-refractivity contribution in [1.82, 2.24) is 0 Å². The van der Waals surface area contributed by atoms with E-state index in [-0.39, 0.29) is 25.7 Å². The van der Waals surface area contributed by atoms with Gasteiger partial charge in [0, 0.05) is 25.7 Å². The minimum atomic E-state index is -4.97. The van der Waals surface area contributed by atoms with Crippen LogP contribution in [0.25, 0.3) is 0 Å². The molecule has 0 amide bonds. The van der Waals surface area contributed by atoms with Crippen molar-refractivity contribution in [3.8, 4) is 0 Å². The van der Waals surface area contributed by atoms with Crippen LogP contribution in [-0.4, -0.2) is 96.7 Å². The van der Waals surface area contributed by atoms with Crippen LogP contribution in [0.5, 0.6) is 0 Å². The molecule has 19 heteroatoms. The zero-order valence-corrected chi connectivity index (χ0v) is 64.1. The van der Waals surface area contributed by atoms with Crippen LogP contribution in [0.2, 0.25) is 0 Å². The van der Waals surface area contributed by atoms with E-state index in [1.165, 1.54) is 154 Å². The monoisotopic (exact) mass is 1410 g/mol. The molecule has 4 unspecified atom stereocenters. The Labute approximate surface area is 586 Å². The van der Waals surface area contributed by atoms with Crippen molar-refractivity contribution >= 4 is 39.5 Å². The molecule has 0 aromatic carbocycles. The standard InChI is InChI=1S/C77H146O17P2/c1-8-11-12-13-14-15-16-17-18-22-25-31-36-44-51-58-74(79)87-64-72(93-77(82)61-54-47-38-33-28-27-30-35-42-49-56-69(6)9-2)66-91-95(83,84)89-62-71(78)63-90-96(85,86)92-67-73(65-88-75(80)59-52-45-40-39-43-50-57-70(7)10-3)94-76(81)60-53-46-37-32-26-23-20-19-21-24-29-34-41-48-55-68(4)5/h15-18,68-73,78H,8-14,19-67H2,1-7H3,(H,83,84)(H,85,86)/b16-15-,18-17-/t69?,70?,71-,72-,73-/m1/s1. The van der Waals surface area contributed by atoms with E-state index < -0.39 is 97.5 Å². The predicted molar refractivity (Wildman–Crippen MR) is 390 cm³/mol. The van der Waals surface area contributed by atoms with Crippen molar-refractivity contribution in [2.45, 2.75) is 388 Å². The summed E-state index contributed by atoms with van der Waals surface area (Å²) in [6.45, 7) is 11.8. The van der Waals surface area contributed by atoms with E-state index in [0.717, 1.165) is 133 Å². The van der Waals surface area contributed by atoms with Crippen molar-refractivity contribution in [3.63, 3.8) is 0 Å². The van der Waals surface area contributed by atoms with Gasteiger partial charge in [-0.15, -0.1) is 0 Å². The number of hydrogen-bond donors (Lipinski definition) is 3. The fourth-order valence-electron chi connectivity index (χ4n) is 11.2. The molecule has 96 heavy (non-hydrogen) atoms. The van der Waals surface area contributed by atoms with Gasteiger partial charge in [0.2, 0.25) is 0 Å². The van der Waals surface area contributed by atoms with Gasteiger partial charge in [0.1, 0.15) is 19.3 Å². The van der Waals surface area contributed by atoms with E-state index in [4.69, 9.17) is 37.0 Å². The largest absolute Gasteiger partial charge is 0.472 e. The van der Waals surface area contributed by atoms with Crippen LogP contribution in [0.3, 0.4) is 0 Å². The second-order valence-corrected chi connectivity index (χ2v) is 30.9. The molecule has 0 heterocycles. The van der Waals surface area contributed by atoms with Gasteiger partial charge in [0.25, 0.3) is 0 Å². The maximum atomic E-state index is 13.1. The molecule has 0 bridgehead atoms. The van der Waals surface area contributed by atoms with Gasteiger partial charge in [0.15, 0.2) is 12.2 Å². The number of ether oxygens (including phenoxy) is 4. The number of hydrogen-bond acceptors (Lipinski definition) is 15. The number of phosphoric ester groups is 2. The lowest BCUT2D eigenvalue weighted by atomic mass is 9.99. The smallest absolute Gasteiger partial charge is 0.462 e. The van der Waals surface area contributed by atoms with Gasteiger partial charge >= 0.3 is 39.5 Å². The normalized spacial score (nSPS) is 14.8. The molecule has 0 aliphatic rings. The van der Waals surface area contributed by atoms with Crippen molar-refractivity contribution in [1.29, 1.82) is 0 Å². The molecule has 0 aromatic rings. The van der Waals surface area contributed by atoms with Gasteiger partial charge in [-0.25, -0.2) is 9.13 Å². The highest BCUT2D eigenvalue weighted by Crippen LogP contribution is 2.45. The maximum absolute atomic E-state index is 13.1. The van der Waals surface area contributed by atoms with E-state index in [0.29, 0.717) is 25.7 Å². The van der Waals surface area contributed by atoms with Crippen molar-refractivity contribution in [2.75, 3.05) is 39.6 Å². The number of allylic oxidation sites excluding steroid dienone is 4. The Morgan fingerprint density at radius 2 is 0.615 bits per heavy atom. The molecule has 7 atom stereocenters. The quantitative estimate of drug-likeness (QED) is 0.0169. The lowest BCUT2D eigenvalue weighted by Gasteiger charge is -2.21. The van der Waals surface area contributed by atoms with Gasteiger partial charge in [-0.2, -0.15) is 0 Å². The Hall–Kier alpha value is -2.46. The summed E-state index contributed by atoms with van der Waals surface area (Å²) >= 11 is 0. The molecule has 0 aliphatic carbocycles. The van der Waals surface area contributed by atoms with Crippen LogP contribution in [0, 0.1) is 17.8 Å². The molecule has 0 rings (SSSR count). The number of carbonyl (C=O) groups is 4. The summed E-state index contributed by atoms with van der Waals surface area (Å²) in [6, 6.07) is 0. The zero-order chi connectivity index (χ0) is 70.9. The number of unbranched alkanes of at least 4 members (excludes halogenated alkanes) is 36. The summed E-state index contributed by atoms with van der Waals surface area (Å²) in [5, 5.41) is 10.6. The molecule has 0 saturated carbocycles. The third-order valence-electron chi connectivity index (χ3n) is 18.0. The van der Waals surface area contributed by atoms with Crippen molar-refractivity contribution in [3.05, 3.63) is 24.3 Å². The number of aliphatic hydroxyl groups is 1. The molecular formula is C77H146O17P2. The van der Waals surface area contributed by atoms with E-state index in [2.05, 4.69) is 72.8 Å². The number of esters is 4. The van der Waals surface area contributed by atoms with Crippen LogP contribution in [0.4, 0.5) is 0 Å². The van der Waals surface area contributed by atoms with Gasteiger partial charge in [-0.1, -0.05) is 317 Å². The first-order valence-corrected chi connectivity index (χ1v) is 42.2. The summed E-state index contributed by atoms with van der Waals surface area (Å²) in [6.07, 6.45) is 56.2. The summed E-state index contributed by atoms with van der Waals surface area (Å²) in [7, 11) is -9.93. The lowest BCUT2D eigenvalue weighted by Crippen LogP contribution is -2.30. The molecule has 0 aliphatic heterocycles. The summed E-state index contributed by atoms with van der Waals surface area (Å²) in [5.74, 6) is 0.175. The fraction of sp³-hybridized carbons (Fsp3) is 0.896. The molecule has 0 aromatic heterocycles. The van der Waals surface area contributed by atoms with E-state index in [9.17, 15) is 43.2 Å². The van der Waals surface area contributed by atoms with Gasteiger partial charge < -0.3 is 33.8 Å². The topological polar surface area (TPSA) is 237 Å². The van der Waals surface area contributed by atoms with Gasteiger partial charge in [-0.05, 0) is 69.1 Å². The summed E-state index contributed by atoms with van der Waals surface area (Å²) in [5.41, 5.74) is 0. The number of aliphatic hydroxyl groups excluding tert-OH is 1. The van der Waals surface area contributed by atoms with Crippen LogP contribution in [0.15, 0.2) is 24.3 Å². The molecular weight excluding hydrogens is 1260 g/mol. The first-order valence-electron chi connectivity index (χ1n) is 39.2. The van der Waals surface area contributed by atoms with Crippen molar-refractivity contribution < 1.29 is 80.2 Å². The molecule has 566 valence electrons. The minimum absolute atomic E-state index is 0.0990. The molecule has 0 radical (unpaired) electrons. The Kier molecular flexibility index (Phi) is 65.3. The molecule has 17 nitrogen and oxygen atoms in total. The number of carbonyl (C=O) groups excluding carboxylic acids is 4. The van der Waals surface area contributed by atoms with Crippen LogP contribution in [0.1, 0.15) is 370 Å². The summed E-state index contributed by atoms with van der Waals surface area (Å²) < 4.78 is 68.5. The number of phosphoric acid groups is 2. The highest BCUT2D eigenvalue weighted by Gasteiger charge is 2.30. The fourth-order valence-corrected chi connectivity index (χ4v) is 12.8. The highest BCUT2D eigenvalue weighted by molar-refractivity contribution is 7.47. The molecule has 0 saturated heterocycles. The van der Waals surface area contributed by atoms with Crippen LogP contribution >= 0.6 is 15.6 Å². The predicted octanol–water partition coefficient (Wildman–Crippen LogP) is 22.1. The van der Waals surface area contributed by atoms with E-state index >= 15 is 0 Å². The average Bonchev–Trinajstić information content (AvgIpc) is 1.20. The van der Waals surface area contributed by atoms with Gasteiger partial charge in [0.05, 0.1) is 26.4 Å². The zero-order valence-electron chi connectivity index (χ0n) is 62.3. The summed E-state index contributed by atoms with van der Waals surface area (Å²) in [4.78, 5) is 72.8. The Morgan fingerprint density at radius 3 is 0.927 bits per heavy atom. The molecule has 3 N–H and O–H groups in total. The van der Waals surface area contributed by atoms with Crippen LogP contribution in [-0.2, 0) is 65.4 Å². The molecule has 0 spiro atoms. The first kappa shape index (κ1) is 93.5. The SMILES string of the molecule is CCCCCC/C=C\C=C/CCCCCCCC(=O)OC[C@H](COP(=O)(O)OC[C@@H](O)COP(=O)(O)OC[C@@H](COC(=O)CCCCCCCCC(C)CC)OC(=O)CCCCCCCCCCCCCCCCC(C)C)OC(=O)CCCCCCCCCCCCC(C)CC. The molecule has 0 fully saturated rings. The average molecular weight is 1410 g/mol. The Morgan fingerprint density at radius 1 is 0.344 bits per heavy atom. The number of rotatable bonds is 73. The Bertz CT molecular complexity index is 1970. The third-order valence-corrected chi connectivity index (χ3v) is 19.9. The third kappa shape index (κ3) is 67.4. The van der Waals surface area contributed by atoms with E-state index in [1.54, 1.807) is 0 Å². The maximum Gasteiger partial charge on any atom is 0.472 e. The lowest BCUT2D eigenvalue weighted by molar-refractivity contribution is -0.161. The minimum Gasteiger partial charge on any atom is -0.462 e. The first-order chi connectivity index (χ1) is 46.3. The Balaban J connectivity index is 5.29.